The number of hydrogen-bond donors (Lipinski definition) is 1. The van der Waals surface area contributed by atoms with Crippen molar-refractivity contribution >= 4 is 5.97 Å². The van der Waals surface area contributed by atoms with Crippen LogP contribution in [0.5, 0.6) is 0 Å². The SMILES string of the molecule is CC1(c2ccccc2)CCC(N2C(C(=O)O)CC3CCCCC32)C1. The molecule has 0 bridgehead atoms. The number of carboxylic acids is 1. The number of aliphatic carboxylic acids is 1. The highest BCUT2D eigenvalue weighted by Crippen LogP contribution is 2.48. The molecule has 5 atom stereocenters. The Kier molecular flexibility index (Phi) is 4.16. The average molecular weight is 327 g/mol. The Morgan fingerprint density at radius 3 is 2.67 bits per heavy atom. The molecule has 1 aromatic rings. The third-order valence-corrected chi connectivity index (χ3v) is 7.03. The van der Waals surface area contributed by atoms with Crippen molar-refractivity contribution in [1.29, 1.82) is 0 Å². The number of benzene rings is 1. The van der Waals surface area contributed by atoms with E-state index in [1.165, 1.54) is 37.7 Å². The summed E-state index contributed by atoms with van der Waals surface area (Å²) in [6.45, 7) is 2.37. The fourth-order valence-corrected chi connectivity index (χ4v) is 5.82. The van der Waals surface area contributed by atoms with E-state index in [4.69, 9.17) is 0 Å². The van der Waals surface area contributed by atoms with Gasteiger partial charge in [0.05, 0.1) is 0 Å². The molecule has 4 rings (SSSR count). The molecule has 0 aromatic heterocycles. The van der Waals surface area contributed by atoms with E-state index in [-0.39, 0.29) is 11.5 Å². The average Bonchev–Trinajstić information content (AvgIpc) is 3.17. The maximum absolute atomic E-state index is 11.9. The molecule has 1 aromatic carbocycles. The van der Waals surface area contributed by atoms with Gasteiger partial charge >= 0.3 is 5.97 Å². The van der Waals surface area contributed by atoms with Crippen LogP contribution in [-0.4, -0.2) is 34.1 Å². The molecular weight excluding hydrogens is 298 g/mol. The molecule has 1 aliphatic heterocycles. The summed E-state index contributed by atoms with van der Waals surface area (Å²) in [6, 6.07) is 11.5. The summed E-state index contributed by atoms with van der Waals surface area (Å²) in [6.07, 6.45) is 9.27. The lowest BCUT2D eigenvalue weighted by Crippen LogP contribution is -2.48. The number of rotatable bonds is 3. The van der Waals surface area contributed by atoms with E-state index in [9.17, 15) is 9.90 Å². The van der Waals surface area contributed by atoms with Crippen LogP contribution in [0.25, 0.3) is 0 Å². The number of carboxylic acid groups (broad SMARTS) is 1. The molecule has 2 saturated carbocycles. The monoisotopic (exact) mass is 327 g/mol. The van der Waals surface area contributed by atoms with Crippen LogP contribution in [-0.2, 0) is 10.2 Å². The van der Waals surface area contributed by atoms with Crippen molar-refractivity contribution in [2.75, 3.05) is 0 Å². The summed E-state index contributed by atoms with van der Waals surface area (Å²) in [7, 11) is 0. The summed E-state index contributed by atoms with van der Waals surface area (Å²) in [5.74, 6) is 0.0149. The van der Waals surface area contributed by atoms with Gasteiger partial charge in [0.2, 0.25) is 0 Å². The normalized spacial score (nSPS) is 39.7. The zero-order valence-electron chi connectivity index (χ0n) is 14.7. The van der Waals surface area contributed by atoms with Gasteiger partial charge in [0.15, 0.2) is 0 Å². The number of nitrogens with zero attached hydrogens (tertiary/aromatic N) is 1. The van der Waals surface area contributed by atoms with E-state index < -0.39 is 5.97 Å². The lowest BCUT2D eigenvalue weighted by atomic mass is 9.80. The lowest BCUT2D eigenvalue weighted by molar-refractivity contribution is -0.143. The summed E-state index contributed by atoms with van der Waals surface area (Å²) >= 11 is 0. The van der Waals surface area contributed by atoms with Gasteiger partial charge in [-0.2, -0.15) is 0 Å². The quantitative estimate of drug-likeness (QED) is 0.904. The molecule has 3 nitrogen and oxygen atoms in total. The molecule has 0 amide bonds. The molecule has 5 unspecified atom stereocenters. The molecule has 1 heterocycles. The van der Waals surface area contributed by atoms with Crippen molar-refractivity contribution in [2.24, 2.45) is 5.92 Å². The second-order valence-electron chi connectivity index (χ2n) is 8.47. The van der Waals surface area contributed by atoms with Crippen molar-refractivity contribution in [2.45, 2.75) is 81.8 Å². The van der Waals surface area contributed by atoms with Gasteiger partial charge < -0.3 is 5.11 Å². The van der Waals surface area contributed by atoms with E-state index in [0.29, 0.717) is 18.0 Å². The standard InChI is InChI=1S/C21H29NO2/c1-21(16-8-3-2-4-9-16)12-11-17(14-21)22-18-10-6-5-7-15(18)13-19(22)20(23)24/h2-4,8-9,15,17-19H,5-7,10-14H2,1H3,(H,23,24). The number of carbonyl (C=O) groups is 1. The topological polar surface area (TPSA) is 40.5 Å². The van der Waals surface area contributed by atoms with E-state index in [2.05, 4.69) is 42.2 Å². The first-order chi connectivity index (χ1) is 11.6. The van der Waals surface area contributed by atoms with Crippen molar-refractivity contribution in [1.82, 2.24) is 4.90 Å². The Morgan fingerprint density at radius 1 is 1.17 bits per heavy atom. The van der Waals surface area contributed by atoms with Crippen molar-refractivity contribution in [3.63, 3.8) is 0 Å². The molecule has 0 radical (unpaired) electrons. The zero-order chi connectivity index (χ0) is 16.7. The van der Waals surface area contributed by atoms with Crippen LogP contribution in [0.15, 0.2) is 30.3 Å². The summed E-state index contributed by atoms with van der Waals surface area (Å²) in [5.41, 5.74) is 1.61. The summed E-state index contributed by atoms with van der Waals surface area (Å²) in [4.78, 5) is 14.3. The second kappa shape index (κ2) is 6.18. The molecule has 2 aliphatic carbocycles. The highest BCUT2D eigenvalue weighted by atomic mass is 16.4. The van der Waals surface area contributed by atoms with Gasteiger partial charge in [-0.1, -0.05) is 50.1 Å². The maximum atomic E-state index is 11.9. The number of hydrogen-bond acceptors (Lipinski definition) is 2. The van der Waals surface area contributed by atoms with Gasteiger partial charge in [-0.05, 0) is 55.4 Å². The van der Waals surface area contributed by atoms with Crippen molar-refractivity contribution < 1.29 is 9.90 Å². The van der Waals surface area contributed by atoms with Crippen LogP contribution < -0.4 is 0 Å². The fraction of sp³-hybridized carbons (Fsp3) is 0.667. The van der Waals surface area contributed by atoms with Gasteiger partial charge in [-0.3, -0.25) is 9.69 Å². The maximum Gasteiger partial charge on any atom is 0.320 e. The Hall–Kier alpha value is -1.35. The molecule has 130 valence electrons. The molecule has 1 saturated heterocycles. The van der Waals surface area contributed by atoms with Crippen LogP contribution in [0.3, 0.4) is 0 Å². The Balaban J connectivity index is 1.57. The number of likely N-dealkylation sites (tertiary alicyclic amines) is 1. The molecule has 0 spiro atoms. The predicted octanol–water partition coefficient (Wildman–Crippen LogP) is 4.21. The van der Waals surface area contributed by atoms with Crippen LogP contribution in [0, 0.1) is 5.92 Å². The highest BCUT2D eigenvalue weighted by Gasteiger charge is 2.51. The van der Waals surface area contributed by atoms with Crippen LogP contribution >= 0.6 is 0 Å². The minimum atomic E-state index is -0.599. The Labute approximate surface area is 145 Å². The fourth-order valence-electron chi connectivity index (χ4n) is 5.82. The van der Waals surface area contributed by atoms with Gasteiger partial charge in [-0.25, -0.2) is 0 Å². The third kappa shape index (κ3) is 2.67. The summed E-state index contributed by atoms with van der Waals surface area (Å²) < 4.78 is 0. The minimum Gasteiger partial charge on any atom is -0.480 e. The first-order valence-electron chi connectivity index (χ1n) is 9.64. The molecule has 24 heavy (non-hydrogen) atoms. The van der Waals surface area contributed by atoms with Crippen molar-refractivity contribution in [3.8, 4) is 0 Å². The minimum absolute atomic E-state index is 0.196. The van der Waals surface area contributed by atoms with E-state index in [0.717, 1.165) is 19.3 Å². The molecule has 1 N–H and O–H groups in total. The van der Waals surface area contributed by atoms with Gasteiger partial charge in [0, 0.05) is 12.1 Å². The van der Waals surface area contributed by atoms with Gasteiger partial charge in [-0.15, -0.1) is 0 Å². The zero-order valence-corrected chi connectivity index (χ0v) is 14.7. The van der Waals surface area contributed by atoms with Gasteiger partial charge in [0.1, 0.15) is 6.04 Å². The Morgan fingerprint density at radius 2 is 1.92 bits per heavy atom. The molecular formula is C21H29NO2. The largest absolute Gasteiger partial charge is 0.480 e. The van der Waals surface area contributed by atoms with E-state index in [1.807, 2.05) is 0 Å². The van der Waals surface area contributed by atoms with Crippen LogP contribution in [0.1, 0.15) is 63.9 Å². The molecule has 3 heteroatoms. The van der Waals surface area contributed by atoms with Crippen LogP contribution in [0.2, 0.25) is 0 Å². The third-order valence-electron chi connectivity index (χ3n) is 7.03. The highest BCUT2D eigenvalue weighted by molar-refractivity contribution is 5.74. The Bertz CT molecular complexity index is 601. The smallest absolute Gasteiger partial charge is 0.320 e. The molecule has 3 aliphatic rings. The predicted molar refractivity (Wildman–Crippen MR) is 95.1 cm³/mol. The number of fused-ring (bicyclic) bond motifs is 1. The first-order valence-corrected chi connectivity index (χ1v) is 9.64. The lowest BCUT2D eigenvalue weighted by Gasteiger charge is -2.38. The summed E-state index contributed by atoms with van der Waals surface area (Å²) in [5, 5.41) is 9.80. The van der Waals surface area contributed by atoms with E-state index in [1.54, 1.807) is 0 Å². The second-order valence-corrected chi connectivity index (χ2v) is 8.47. The van der Waals surface area contributed by atoms with Crippen LogP contribution in [0.4, 0.5) is 0 Å². The van der Waals surface area contributed by atoms with Crippen molar-refractivity contribution in [3.05, 3.63) is 35.9 Å². The molecule has 3 fully saturated rings. The first kappa shape index (κ1) is 16.1. The van der Waals surface area contributed by atoms with E-state index >= 15 is 0 Å². The van der Waals surface area contributed by atoms with Gasteiger partial charge in [0.25, 0.3) is 0 Å².